The number of benzene rings is 1. The van der Waals surface area contributed by atoms with Gasteiger partial charge in [0.25, 0.3) is 20.2 Å². The van der Waals surface area contributed by atoms with Crippen LogP contribution < -0.4 is 0 Å². The molecule has 2 rings (SSSR count). The third-order valence-corrected chi connectivity index (χ3v) is 6.67. The predicted octanol–water partition coefficient (Wildman–Crippen LogP) is 1.35. The van der Waals surface area contributed by atoms with Crippen LogP contribution in [-0.2, 0) is 20.2 Å². The third-order valence-electron chi connectivity index (χ3n) is 3.10. The van der Waals surface area contributed by atoms with Crippen LogP contribution in [0.1, 0.15) is 14.8 Å². The Morgan fingerprint density at radius 3 is 2.00 bits per heavy atom. The van der Waals surface area contributed by atoms with E-state index in [1.54, 1.807) is 30.3 Å². The van der Waals surface area contributed by atoms with Crippen molar-refractivity contribution in [2.75, 3.05) is 0 Å². The zero-order valence-electron chi connectivity index (χ0n) is 12.9. The Labute approximate surface area is 156 Å². The molecule has 9 heteroatoms. The molecule has 2 N–H and O–H groups in total. The van der Waals surface area contributed by atoms with Gasteiger partial charge in [0.05, 0.1) is 0 Å². The molecule has 0 aliphatic heterocycles. The second kappa shape index (κ2) is 6.49. The van der Waals surface area contributed by atoms with Crippen LogP contribution in [0.5, 0.6) is 0 Å². The van der Waals surface area contributed by atoms with Crippen molar-refractivity contribution in [2.24, 2.45) is 0 Å². The molecule has 112 valence electrons. The quantitative estimate of drug-likeness (QED) is 0.623. The summed E-state index contributed by atoms with van der Waals surface area (Å²) in [6, 6.07) is 8.50. The summed E-state index contributed by atoms with van der Waals surface area (Å²) in [6.45, 7) is 0. The van der Waals surface area contributed by atoms with E-state index in [-0.39, 0.29) is 40.6 Å². The summed E-state index contributed by atoms with van der Waals surface area (Å²) in [7, 11) is -10.1. The number of allylic oxidation sites excluding steroid dienone is 3. The van der Waals surface area contributed by atoms with Gasteiger partial charge in [-0.05, 0) is 17.2 Å². The first-order valence-corrected chi connectivity index (χ1v) is 8.43. The first kappa shape index (κ1) is 18.8. The molecule has 0 saturated heterocycles. The predicted molar refractivity (Wildman–Crippen MR) is 82.0 cm³/mol. The molecule has 0 spiro atoms. The second-order valence-electron chi connectivity index (χ2n) is 4.36. The Morgan fingerprint density at radius 1 is 1.00 bits per heavy atom. The van der Waals surface area contributed by atoms with Gasteiger partial charge in [-0.15, -0.1) is 0 Å². The summed E-state index contributed by atoms with van der Waals surface area (Å²) in [5, 5.41) is 0. The van der Waals surface area contributed by atoms with Crippen molar-refractivity contribution in [1.29, 1.82) is 0 Å². The monoisotopic (exact) mass is 358 g/mol. The Bertz CT molecular complexity index is 756. The minimum Gasteiger partial charge on any atom is -1.00 e. The van der Waals surface area contributed by atoms with Gasteiger partial charge in [-0.1, -0.05) is 42.5 Å². The standard InChI is InChI=1S/C12H12O6S2.Ca.2H/c13-19(14,15)12(20(16,17)18)8-4-7-11(9-12)10-5-2-1-3-6-10;;;/h1-8H,9H2,(H,13,14,15)(H,16,17,18);;;/q;+2;2*-1. The van der Waals surface area contributed by atoms with Crippen LogP contribution in [0.15, 0.2) is 48.6 Å². The van der Waals surface area contributed by atoms with Gasteiger partial charge in [-0.3, -0.25) is 9.11 Å². The average molecular weight is 358 g/mol. The Kier molecular flexibility index (Phi) is 5.82. The molecular weight excluding hydrogens is 344 g/mol. The number of hydrogen-bond acceptors (Lipinski definition) is 4. The van der Waals surface area contributed by atoms with E-state index in [1.165, 1.54) is 12.2 Å². The molecule has 0 saturated carbocycles. The first-order valence-electron chi connectivity index (χ1n) is 5.55. The van der Waals surface area contributed by atoms with Crippen LogP contribution in [0.25, 0.3) is 5.57 Å². The van der Waals surface area contributed by atoms with Crippen LogP contribution in [0.2, 0.25) is 0 Å². The van der Waals surface area contributed by atoms with Crippen LogP contribution >= 0.6 is 0 Å². The summed E-state index contributed by atoms with van der Waals surface area (Å²) in [6.07, 6.45) is 2.92. The van der Waals surface area contributed by atoms with Crippen molar-refractivity contribution in [3.63, 3.8) is 0 Å². The van der Waals surface area contributed by atoms with E-state index in [9.17, 15) is 25.9 Å². The fraction of sp³-hybridized carbons (Fsp3) is 0.167. The molecule has 0 heterocycles. The Balaban J connectivity index is 0. The molecule has 0 aromatic heterocycles. The molecular formula is C12H14CaO6S2. The second-order valence-corrected chi connectivity index (χ2v) is 7.97. The normalized spacial score (nSPS) is 17.7. The molecule has 1 aliphatic rings. The maximum atomic E-state index is 11.5. The van der Waals surface area contributed by atoms with Gasteiger partial charge >= 0.3 is 37.7 Å². The summed E-state index contributed by atoms with van der Waals surface area (Å²) in [5.74, 6) is 0. The number of hydrogen-bond donors (Lipinski definition) is 2. The zero-order chi connectivity index (χ0) is 15.0. The fourth-order valence-electron chi connectivity index (χ4n) is 2.03. The van der Waals surface area contributed by atoms with E-state index in [2.05, 4.69) is 0 Å². The maximum Gasteiger partial charge on any atom is 2.00 e. The average Bonchev–Trinajstić information content (AvgIpc) is 2.37. The van der Waals surface area contributed by atoms with E-state index >= 15 is 0 Å². The van der Waals surface area contributed by atoms with Crippen LogP contribution in [0.3, 0.4) is 0 Å². The first-order chi connectivity index (χ1) is 9.17. The van der Waals surface area contributed by atoms with Crippen LogP contribution in [0, 0.1) is 0 Å². The van der Waals surface area contributed by atoms with E-state index in [4.69, 9.17) is 0 Å². The Morgan fingerprint density at radius 2 is 1.52 bits per heavy atom. The van der Waals surface area contributed by atoms with Crippen molar-refractivity contribution in [3.05, 3.63) is 54.1 Å². The van der Waals surface area contributed by atoms with Gasteiger partial charge in [0.2, 0.25) is 4.08 Å². The molecule has 1 aromatic carbocycles. The van der Waals surface area contributed by atoms with E-state index in [0.717, 1.165) is 6.08 Å². The smallest absolute Gasteiger partial charge is 1.00 e. The van der Waals surface area contributed by atoms with Crippen molar-refractivity contribution in [1.82, 2.24) is 0 Å². The van der Waals surface area contributed by atoms with Crippen molar-refractivity contribution in [2.45, 2.75) is 10.5 Å². The third kappa shape index (κ3) is 3.58. The molecule has 6 nitrogen and oxygen atoms in total. The zero-order valence-corrected chi connectivity index (χ0v) is 14.7. The van der Waals surface area contributed by atoms with E-state index in [1.807, 2.05) is 0 Å². The van der Waals surface area contributed by atoms with Crippen LogP contribution in [0.4, 0.5) is 0 Å². The van der Waals surface area contributed by atoms with E-state index in [0.29, 0.717) is 11.1 Å². The molecule has 0 radical (unpaired) electrons. The van der Waals surface area contributed by atoms with Gasteiger partial charge in [-0.2, -0.15) is 16.8 Å². The minimum absolute atomic E-state index is 0. The van der Waals surface area contributed by atoms with Crippen molar-refractivity contribution < 1.29 is 28.8 Å². The summed E-state index contributed by atoms with van der Waals surface area (Å²) < 4.78 is 61.6. The molecule has 1 aliphatic carbocycles. The van der Waals surface area contributed by atoms with Gasteiger partial charge in [0.15, 0.2) is 0 Å². The molecule has 1 aromatic rings. The van der Waals surface area contributed by atoms with Crippen molar-refractivity contribution >= 4 is 63.5 Å². The molecule has 0 atom stereocenters. The molecule has 0 fully saturated rings. The van der Waals surface area contributed by atoms with Gasteiger partial charge < -0.3 is 2.85 Å². The largest absolute Gasteiger partial charge is 2.00 e. The maximum absolute atomic E-state index is 11.5. The number of rotatable bonds is 3. The molecule has 0 bridgehead atoms. The van der Waals surface area contributed by atoms with Crippen molar-refractivity contribution in [3.8, 4) is 0 Å². The topological polar surface area (TPSA) is 109 Å². The summed E-state index contributed by atoms with van der Waals surface area (Å²) in [4.78, 5) is 0. The molecule has 21 heavy (non-hydrogen) atoms. The SMILES string of the molecule is O=S(=O)(O)C1(S(=O)(=O)O)C=CC=C(c2ccccc2)C1.[Ca+2].[H-].[H-]. The van der Waals surface area contributed by atoms with Gasteiger partial charge in [0, 0.05) is 6.42 Å². The molecule has 0 unspecified atom stereocenters. The summed E-state index contributed by atoms with van der Waals surface area (Å²) in [5.41, 5.74) is 0.983. The minimum atomic E-state index is -5.05. The van der Waals surface area contributed by atoms with Gasteiger partial charge in [-0.25, -0.2) is 0 Å². The summed E-state index contributed by atoms with van der Waals surface area (Å²) >= 11 is 0. The molecule has 0 amide bonds. The van der Waals surface area contributed by atoms with Gasteiger partial charge in [0.1, 0.15) is 0 Å². The Hall–Kier alpha value is -0.220. The van der Waals surface area contributed by atoms with E-state index < -0.39 is 30.7 Å². The van der Waals surface area contributed by atoms with Crippen LogP contribution in [-0.4, -0.2) is 67.8 Å². The fourth-order valence-corrected chi connectivity index (χ4v) is 4.27.